The summed E-state index contributed by atoms with van der Waals surface area (Å²) in [6, 6.07) is 10.8. The predicted molar refractivity (Wildman–Crippen MR) is 90.8 cm³/mol. The fourth-order valence-electron chi connectivity index (χ4n) is 3.80. The SMILES string of the molecule is COc1ccc(-c2cc(N3C[C@@H]4CCN(C)[C@@H]4C3)ncn2)cc1. The number of fused-ring (bicyclic) bond motifs is 1. The van der Waals surface area contributed by atoms with Gasteiger partial charge in [0.1, 0.15) is 17.9 Å². The van der Waals surface area contributed by atoms with Crippen LogP contribution in [0.1, 0.15) is 6.42 Å². The van der Waals surface area contributed by atoms with Crippen LogP contribution in [0.2, 0.25) is 0 Å². The third kappa shape index (κ3) is 2.65. The third-order valence-electron chi connectivity index (χ3n) is 5.19. The Hall–Kier alpha value is -2.14. The molecule has 0 unspecified atom stereocenters. The summed E-state index contributed by atoms with van der Waals surface area (Å²) in [5.74, 6) is 2.67. The molecule has 1 aromatic carbocycles. The highest BCUT2D eigenvalue weighted by molar-refractivity contribution is 5.63. The van der Waals surface area contributed by atoms with E-state index in [2.05, 4.69) is 32.9 Å². The van der Waals surface area contributed by atoms with Gasteiger partial charge in [-0.25, -0.2) is 9.97 Å². The summed E-state index contributed by atoms with van der Waals surface area (Å²) < 4.78 is 5.22. The van der Waals surface area contributed by atoms with Crippen molar-refractivity contribution in [3.05, 3.63) is 36.7 Å². The zero-order valence-corrected chi connectivity index (χ0v) is 13.6. The van der Waals surface area contributed by atoms with Gasteiger partial charge in [-0.3, -0.25) is 0 Å². The Balaban J connectivity index is 1.57. The number of hydrogen-bond acceptors (Lipinski definition) is 5. The van der Waals surface area contributed by atoms with Crippen molar-refractivity contribution >= 4 is 5.82 Å². The number of likely N-dealkylation sites (tertiary alicyclic amines) is 1. The molecule has 3 heterocycles. The topological polar surface area (TPSA) is 41.5 Å². The standard InChI is InChI=1S/C18H22N4O/c1-21-8-7-14-10-22(11-17(14)21)18-9-16(19-12-20-18)13-3-5-15(23-2)6-4-13/h3-6,9,12,14,17H,7-8,10-11H2,1-2H3/t14-,17+/m0/s1. The average molecular weight is 310 g/mol. The third-order valence-corrected chi connectivity index (χ3v) is 5.19. The van der Waals surface area contributed by atoms with Gasteiger partial charge in [-0.05, 0) is 50.2 Å². The lowest BCUT2D eigenvalue weighted by Gasteiger charge is -2.21. The van der Waals surface area contributed by atoms with Gasteiger partial charge in [-0.2, -0.15) is 0 Å². The Bertz CT molecular complexity index is 688. The lowest BCUT2D eigenvalue weighted by molar-refractivity contribution is 0.310. The molecule has 23 heavy (non-hydrogen) atoms. The van der Waals surface area contributed by atoms with Gasteiger partial charge in [0.05, 0.1) is 12.8 Å². The molecule has 2 aliphatic heterocycles. The van der Waals surface area contributed by atoms with Gasteiger partial charge in [0.25, 0.3) is 0 Å². The van der Waals surface area contributed by atoms with Crippen LogP contribution in [0.3, 0.4) is 0 Å². The van der Waals surface area contributed by atoms with Crippen molar-refractivity contribution in [1.29, 1.82) is 0 Å². The van der Waals surface area contributed by atoms with E-state index in [1.54, 1.807) is 13.4 Å². The average Bonchev–Trinajstić information content (AvgIpc) is 3.18. The normalized spacial score (nSPS) is 24.0. The molecule has 0 bridgehead atoms. The quantitative estimate of drug-likeness (QED) is 0.870. The Labute approximate surface area is 136 Å². The van der Waals surface area contributed by atoms with Crippen LogP contribution in [-0.4, -0.2) is 54.7 Å². The van der Waals surface area contributed by atoms with Crippen LogP contribution in [0.15, 0.2) is 36.7 Å². The van der Waals surface area contributed by atoms with E-state index in [4.69, 9.17) is 4.74 Å². The van der Waals surface area contributed by atoms with Crippen LogP contribution >= 0.6 is 0 Å². The number of likely N-dealkylation sites (N-methyl/N-ethyl adjacent to an activating group) is 1. The summed E-state index contributed by atoms with van der Waals surface area (Å²) in [5, 5.41) is 0. The van der Waals surface area contributed by atoms with Gasteiger partial charge in [0.2, 0.25) is 0 Å². The maximum absolute atomic E-state index is 5.22. The maximum atomic E-state index is 5.22. The second kappa shape index (κ2) is 5.81. The van der Waals surface area contributed by atoms with Crippen LogP contribution in [0.25, 0.3) is 11.3 Å². The summed E-state index contributed by atoms with van der Waals surface area (Å²) >= 11 is 0. The van der Waals surface area contributed by atoms with Crippen LogP contribution in [0.4, 0.5) is 5.82 Å². The van der Waals surface area contributed by atoms with Crippen molar-refractivity contribution in [2.45, 2.75) is 12.5 Å². The molecule has 2 aliphatic rings. The van der Waals surface area contributed by atoms with E-state index in [1.807, 2.05) is 24.3 Å². The molecule has 5 nitrogen and oxygen atoms in total. The largest absolute Gasteiger partial charge is 0.497 e. The fraction of sp³-hybridized carbons (Fsp3) is 0.444. The van der Waals surface area contributed by atoms with E-state index < -0.39 is 0 Å². The fourth-order valence-corrected chi connectivity index (χ4v) is 3.80. The molecule has 120 valence electrons. The molecule has 2 atom stereocenters. The highest BCUT2D eigenvalue weighted by Gasteiger charge is 2.39. The van der Waals surface area contributed by atoms with Gasteiger partial charge in [-0.1, -0.05) is 0 Å². The van der Waals surface area contributed by atoms with E-state index in [-0.39, 0.29) is 0 Å². The van der Waals surface area contributed by atoms with Crippen molar-refractivity contribution in [3.63, 3.8) is 0 Å². The first-order valence-corrected chi connectivity index (χ1v) is 8.16. The van der Waals surface area contributed by atoms with Gasteiger partial charge in [0, 0.05) is 30.8 Å². The molecule has 0 radical (unpaired) electrons. The van der Waals surface area contributed by atoms with Crippen LogP contribution < -0.4 is 9.64 Å². The van der Waals surface area contributed by atoms with Crippen molar-refractivity contribution in [2.75, 3.05) is 38.7 Å². The summed E-state index contributed by atoms with van der Waals surface area (Å²) in [6.45, 7) is 3.40. The zero-order valence-electron chi connectivity index (χ0n) is 13.6. The van der Waals surface area contributed by atoms with Crippen LogP contribution in [0, 0.1) is 5.92 Å². The van der Waals surface area contributed by atoms with Crippen LogP contribution in [-0.2, 0) is 0 Å². The van der Waals surface area contributed by atoms with E-state index in [0.717, 1.165) is 41.8 Å². The first kappa shape index (κ1) is 14.5. The van der Waals surface area contributed by atoms with E-state index in [0.29, 0.717) is 6.04 Å². The molecular formula is C18H22N4O. The minimum absolute atomic E-state index is 0.675. The lowest BCUT2D eigenvalue weighted by atomic mass is 10.1. The first-order chi connectivity index (χ1) is 11.2. The molecule has 0 aliphatic carbocycles. The smallest absolute Gasteiger partial charge is 0.132 e. The van der Waals surface area contributed by atoms with Crippen molar-refractivity contribution in [3.8, 4) is 17.0 Å². The first-order valence-electron chi connectivity index (χ1n) is 8.16. The number of aromatic nitrogens is 2. The van der Waals surface area contributed by atoms with Crippen LogP contribution in [0.5, 0.6) is 5.75 Å². The molecule has 2 saturated heterocycles. The minimum atomic E-state index is 0.675. The molecule has 0 amide bonds. The van der Waals surface area contributed by atoms with E-state index in [1.165, 1.54) is 13.0 Å². The molecule has 2 fully saturated rings. The number of hydrogen-bond donors (Lipinski definition) is 0. The van der Waals surface area contributed by atoms with E-state index >= 15 is 0 Å². The Morgan fingerprint density at radius 3 is 2.70 bits per heavy atom. The highest BCUT2D eigenvalue weighted by atomic mass is 16.5. The Morgan fingerprint density at radius 2 is 1.96 bits per heavy atom. The number of ether oxygens (including phenoxy) is 1. The molecule has 0 spiro atoms. The lowest BCUT2D eigenvalue weighted by Crippen LogP contribution is -2.32. The molecule has 0 N–H and O–H groups in total. The number of nitrogens with zero attached hydrogens (tertiary/aromatic N) is 4. The summed E-state index contributed by atoms with van der Waals surface area (Å²) in [6.07, 6.45) is 2.97. The Kier molecular flexibility index (Phi) is 3.65. The van der Waals surface area contributed by atoms with Crippen molar-refractivity contribution in [1.82, 2.24) is 14.9 Å². The van der Waals surface area contributed by atoms with E-state index in [9.17, 15) is 0 Å². The van der Waals surface area contributed by atoms with Gasteiger partial charge in [0.15, 0.2) is 0 Å². The second-order valence-corrected chi connectivity index (χ2v) is 6.49. The number of benzene rings is 1. The minimum Gasteiger partial charge on any atom is -0.497 e. The second-order valence-electron chi connectivity index (χ2n) is 6.49. The number of methoxy groups -OCH3 is 1. The van der Waals surface area contributed by atoms with Crippen molar-refractivity contribution < 1.29 is 4.74 Å². The number of rotatable bonds is 3. The molecule has 5 heteroatoms. The summed E-state index contributed by atoms with van der Waals surface area (Å²) in [4.78, 5) is 13.8. The van der Waals surface area contributed by atoms with Gasteiger partial charge in [-0.15, -0.1) is 0 Å². The summed E-state index contributed by atoms with van der Waals surface area (Å²) in [5.41, 5.74) is 2.05. The summed E-state index contributed by atoms with van der Waals surface area (Å²) in [7, 11) is 3.91. The molecule has 0 saturated carbocycles. The molecule has 1 aromatic heterocycles. The highest BCUT2D eigenvalue weighted by Crippen LogP contribution is 2.33. The van der Waals surface area contributed by atoms with Gasteiger partial charge < -0.3 is 14.5 Å². The molecule has 2 aromatic rings. The monoisotopic (exact) mass is 310 g/mol. The maximum Gasteiger partial charge on any atom is 0.132 e. The predicted octanol–water partition coefficient (Wildman–Crippen LogP) is 2.29. The Morgan fingerprint density at radius 1 is 1.13 bits per heavy atom. The number of anilines is 1. The molecular weight excluding hydrogens is 288 g/mol. The van der Waals surface area contributed by atoms with Gasteiger partial charge >= 0.3 is 0 Å². The zero-order chi connectivity index (χ0) is 15.8. The molecule has 4 rings (SSSR count). The van der Waals surface area contributed by atoms with Crippen molar-refractivity contribution in [2.24, 2.45) is 5.92 Å².